The van der Waals surface area contributed by atoms with Gasteiger partial charge in [-0.1, -0.05) is 26.2 Å². The zero-order chi connectivity index (χ0) is 13.1. The summed E-state index contributed by atoms with van der Waals surface area (Å²) < 4.78 is 0. The maximum absolute atomic E-state index is 12.4. The van der Waals surface area contributed by atoms with E-state index in [9.17, 15) is 4.79 Å². The number of hydrogen-bond acceptors (Lipinski definition) is 2. The molecule has 100 valence electrons. The van der Waals surface area contributed by atoms with Crippen LogP contribution in [0.15, 0.2) is 0 Å². The number of nitrogens with zero attached hydrogens (tertiary/aromatic N) is 2. The van der Waals surface area contributed by atoms with Gasteiger partial charge in [-0.15, -0.1) is 0 Å². The largest absolute Gasteiger partial charge is 0.347 e. The highest BCUT2D eigenvalue weighted by atomic mass is 16.2. The minimum atomic E-state index is -0.342. The molecule has 3 heteroatoms. The van der Waals surface area contributed by atoms with Crippen LogP contribution in [-0.4, -0.2) is 48.4 Å². The van der Waals surface area contributed by atoms with Crippen LogP contribution in [-0.2, 0) is 4.79 Å². The number of carbonyl (C=O) groups excluding carboxylic acids is 1. The molecule has 3 nitrogen and oxygen atoms in total. The fourth-order valence-electron chi connectivity index (χ4n) is 2.90. The summed E-state index contributed by atoms with van der Waals surface area (Å²) in [5.41, 5.74) is -0.342. The lowest BCUT2D eigenvalue weighted by molar-refractivity contribution is -0.142. The number of rotatable bonds is 4. The predicted octanol–water partition coefficient (Wildman–Crippen LogP) is 2.51. The second-order valence-electron chi connectivity index (χ2n) is 5.73. The van der Waals surface area contributed by atoms with Crippen molar-refractivity contribution in [3.05, 3.63) is 0 Å². The first-order chi connectivity index (χ1) is 7.93. The Morgan fingerprint density at radius 2 is 1.71 bits per heavy atom. The fourth-order valence-corrected chi connectivity index (χ4v) is 2.90. The Balaban J connectivity index is 2.80. The van der Waals surface area contributed by atoms with Gasteiger partial charge in [-0.2, -0.15) is 0 Å². The van der Waals surface area contributed by atoms with Crippen molar-refractivity contribution in [2.75, 3.05) is 21.1 Å². The van der Waals surface area contributed by atoms with Gasteiger partial charge in [0.15, 0.2) is 0 Å². The Hall–Kier alpha value is -0.570. The molecule has 0 radical (unpaired) electrons. The molecule has 0 aromatic heterocycles. The fraction of sp³-hybridized carbons (Fsp3) is 0.929. The molecule has 0 aromatic carbocycles. The van der Waals surface area contributed by atoms with Gasteiger partial charge >= 0.3 is 0 Å². The SMILES string of the molecule is CCC(C)(C(=O)N(C)C)N(C)C1CCCCC1. The molecule has 1 saturated carbocycles. The molecule has 17 heavy (non-hydrogen) atoms. The highest BCUT2D eigenvalue weighted by Crippen LogP contribution is 2.29. The standard InChI is InChI=1S/C14H28N2O/c1-6-14(2,13(17)15(3)4)16(5)12-10-8-7-9-11-12/h12H,6-11H2,1-5H3. The van der Waals surface area contributed by atoms with Crippen LogP contribution in [0.25, 0.3) is 0 Å². The van der Waals surface area contributed by atoms with Gasteiger partial charge in [0.25, 0.3) is 0 Å². The van der Waals surface area contributed by atoms with Crippen LogP contribution in [0, 0.1) is 0 Å². The van der Waals surface area contributed by atoms with Crippen LogP contribution in [0.3, 0.4) is 0 Å². The van der Waals surface area contributed by atoms with Crippen LogP contribution in [0.1, 0.15) is 52.4 Å². The maximum Gasteiger partial charge on any atom is 0.242 e. The van der Waals surface area contributed by atoms with Crippen molar-refractivity contribution in [2.45, 2.75) is 64.0 Å². The van der Waals surface area contributed by atoms with E-state index in [0.717, 1.165) is 6.42 Å². The Kier molecular flexibility index (Phi) is 4.99. The first-order valence-corrected chi connectivity index (χ1v) is 6.88. The van der Waals surface area contributed by atoms with Crippen molar-refractivity contribution in [1.29, 1.82) is 0 Å². The molecule has 1 amide bonds. The number of carbonyl (C=O) groups is 1. The summed E-state index contributed by atoms with van der Waals surface area (Å²) in [4.78, 5) is 16.4. The molecule has 1 rings (SSSR count). The van der Waals surface area contributed by atoms with Gasteiger partial charge in [-0.3, -0.25) is 9.69 Å². The van der Waals surface area contributed by atoms with Crippen LogP contribution in [0.2, 0.25) is 0 Å². The summed E-state index contributed by atoms with van der Waals surface area (Å²) in [7, 11) is 5.83. The summed E-state index contributed by atoms with van der Waals surface area (Å²) in [6, 6.07) is 0.581. The summed E-state index contributed by atoms with van der Waals surface area (Å²) in [6.45, 7) is 4.20. The molecule has 0 saturated heterocycles. The minimum absolute atomic E-state index is 0.230. The average molecular weight is 240 g/mol. The third kappa shape index (κ3) is 3.01. The van der Waals surface area contributed by atoms with E-state index in [1.54, 1.807) is 4.90 Å². The number of likely N-dealkylation sites (N-methyl/N-ethyl adjacent to an activating group) is 2. The molecular formula is C14H28N2O. The average Bonchev–Trinajstić information content (AvgIpc) is 2.36. The van der Waals surface area contributed by atoms with Gasteiger partial charge in [0.05, 0.1) is 5.54 Å². The molecule has 1 fully saturated rings. The minimum Gasteiger partial charge on any atom is -0.347 e. The van der Waals surface area contributed by atoms with Crippen LogP contribution in [0.4, 0.5) is 0 Å². The molecule has 1 aliphatic rings. The van der Waals surface area contributed by atoms with Crippen LogP contribution in [0.5, 0.6) is 0 Å². The normalized spacial score (nSPS) is 21.3. The van der Waals surface area contributed by atoms with Crippen molar-refractivity contribution in [1.82, 2.24) is 9.80 Å². The first kappa shape index (κ1) is 14.5. The molecule has 0 N–H and O–H groups in total. The summed E-state index contributed by atoms with van der Waals surface area (Å²) in [5.74, 6) is 0.230. The van der Waals surface area contributed by atoms with Crippen LogP contribution < -0.4 is 0 Å². The van der Waals surface area contributed by atoms with Gasteiger partial charge in [-0.05, 0) is 33.2 Å². The van der Waals surface area contributed by atoms with Gasteiger partial charge in [-0.25, -0.2) is 0 Å². The Bertz CT molecular complexity index is 259. The van der Waals surface area contributed by atoms with E-state index in [2.05, 4.69) is 25.8 Å². The van der Waals surface area contributed by atoms with E-state index in [0.29, 0.717) is 6.04 Å². The first-order valence-electron chi connectivity index (χ1n) is 6.88. The lowest BCUT2D eigenvalue weighted by Gasteiger charge is -2.44. The van der Waals surface area contributed by atoms with E-state index in [1.807, 2.05) is 14.1 Å². The lowest BCUT2D eigenvalue weighted by atomic mass is 9.87. The quantitative estimate of drug-likeness (QED) is 0.754. The highest BCUT2D eigenvalue weighted by molar-refractivity contribution is 5.85. The number of hydrogen-bond donors (Lipinski definition) is 0. The van der Waals surface area contributed by atoms with E-state index in [4.69, 9.17) is 0 Å². The topological polar surface area (TPSA) is 23.6 Å². The zero-order valence-corrected chi connectivity index (χ0v) is 12.1. The van der Waals surface area contributed by atoms with Gasteiger partial charge in [0.2, 0.25) is 5.91 Å². The molecular weight excluding hydrogens is 212 g/mol. The second kappa shape index (κ2) is 5.85. The molecule has 0 aromatic rings. The number of amides is 1. The van der Waals surface area contributed by atoms with Crippen molar-refractivity contribution < 1.29 is 4.79 Å². The van der Waals surface area contributed by atoms with Crippen molar-refractivity contribution in [3.8, 4) is 0 Å². The predicted molar refractivity (Wildman–Crippen MR) is 72.0 cm³/mol. The summed E-state index contributed by atoms with van der Waals surface area (Å²) in [5, 5.41) is 0. The zero-order valence-electron chi connectivity index (χ0n) is 12.1. The smallest absolute Gasteiger partial charge is 0.242 e. The summed E-state index contributed by atoms with van der Waals surface area (Å²) >= 11 is 0. The monoisotopic (exact) mass is 240 g/mol. The molecule has 1 aliphatic carbocycles. The molecule has 0 spiro atoms. The third-order valence-corrected chi connectivity index (χ3v) is 4.46. The van der Waals surface area contributed by atoms with Crippen LogP contribution >= 0.6 is 0 Å². The highest BCUT2D eigenvalue weighted by Gasteiger charge is 2.40. The van der Waals surface area contributed by atoms with Crippen molar-refractivity contribution in [3.63, 3.8) is 0 Å². The lowest BCUT2D eigenvalue weighted by Crippen LogP contribution is -2.58. The molecule has 1 atom stereocenters. The molecule has 0 aliphatic heterocycles. The Morgan fingerprint density at radius 1 is 1.18 bits per heavy atom. The molecule has 0 heterocycles. The van der Waals surface area contributed by atoms with Crippen molar-refractivity contribution >= 4 is 5.91 Å². The maximum atomic E-state index is 12.4. The van der Waals surface area contributed by atoms with E-state index in [-0.39, 0.29) is 11.4 Å². The Labute approximate surface area is 106 Å². The molecule has 0 bridgehead atoms. The van der Waals surface area contributed by atoms with E-state index >= 15 is 0 Å². The van der Waals surface area contributed by atoms with Gasteiger partial charge in [0.1, 0.15) is 0 Å². The van der Waals surface area contributed by atoms with E-state index in [1.165, 1.54) is 32.1 Å². The molecule has 1 unspecified atom stereocenters. The Morgan fingerprint density at radius 3 is 2.12 bits per heavy atom. The summed E-state index contributed by atoms with van der Waals surface area (Å²) in [6.07, 6.45) is 7.33. The second-order valence-corrected chi connectivity index (χ2v) is 5.73. The van der Waals surface area contributed by atoms with E-state index < -0.39 is 0 Å². The van der Waals surface area contributed by atoms with Gasteiger partial charge in [0, 0.05) is 20.1 Å². The van der Waals surface area contributed by atoms with Gasteiger partial charge < -0.3 is 4.90 Å². The third-order valence-electron chi connectivity index (χ3n) is 4.46. The van der Waals surface area contributed by atoms with Crippen molar-refractivity contribution in [2.24, 2.45) is 0 Å².